The summed E-state index contributed by atoms with van der Waals surface area (Å²) in [6.45, 7) is 3.89. The Bertz CT molecular complexity index is 1400. The van der Waals surface area contributed by atoms with Crippen molar-refractivity contribution in [3.8, 4) is 0 Å². The van der Waals surface area contributed by atoms with Crippen molar-refractivity contribution in [1.29, 1.82) is 0 Å². The molecule has 0 spiro atoms. The van der Waals surface area contributed by atoms with Crippen LogP contribution in [0.25, 0.3) is 0 Å². The number of ketones is 1. The zero-order valence-electron chi connectivity index (χ0n) is 24.3. The van der Waals surface area contributed by atoms with Gasteiger partial charge in [-0.2, -0.15) is 0 Å². The van der Waals surface area contributed by atoms with Gasteiger partial charge in [-0.1, -0.05) is 79.8 Å². The van der Waals surface area contributed by atoms with Crippen molar-refractivity contribution in [3.05, 3.63) is 100.0 Å². The average Bonchev–Trinajstić information content (AvgIpc) is 3.41. The maximum atomic E-state index is 12.5. The molecule has 0 saturated carbocycles. The van der Waals surface area contributed by atoms with E-state index in [1.807, 2.05) is 68.4 Å². The van der Waals surface area contributed by atoms with Crippen molar-refractivity contribution in [2.45, 2.75) is 71.1 Å². The second-order valence-corrected chi connectivity index (χ2v) is 11.3. The number of rotatable bonds is 16. The largest absolute Gasteiger partial charge is 0.402 e. The lowest BCUT2D eigenvalue weighted by Gasteiger charge is -2.12. The van der Waals surface area contributed by atoms with Crippen LogP contribution in [0, 0.1) is 0 Å². The van der Waals surface area contributed by atoms with Crippen molar-refractivity contribution in [1.82, 2.24) is 15.5 Å². The van der Waals surface area contributed by atoms with E-state index in [9.17, 15) is 14.4 Å². The highest BCUT2D eigenvalue weighted by Crippen LogP contribution is 2.21. The molecule has 3 rings (SSSR count). The van der Waals surface area contributed by atoms with Crippen LogP contribution in [-0.2, 0) is 33.6 Å². The number of Topliss-reactive ketones (excluding diaryl/α,β-unsaturated/α-hetero) is 1. The first-order valence-corrected chi connectivity index (χ1v) is 15.0. The van der Waals surface area contributed by atoms with E-state index in [4.69, 9.17) is 11.5 Å². The molecule has 1 unspecified atom stereocenters. The Labute approximate surface area is 251 Å². The van der Waals surface area contributed by atoms with Gasteiger partial charge in [-0.25, -0.2) is 0 Å². The monoisotopic (exact) mass is 588 g/mol. The molecule has 0 saturated heterocycles. The van der Waals surface area contributed by atoms with Crippen molar-refractivity contribution in [2.75, 3.05) is 5.32 Å². The maximum Gasteiger partial charge on any atom is 0.230 e. The first-order chi connectivity index (χ1) is 20.2. The van der Waals surface area contributed by atoms with E-state index in [1.54, 1.807) is 12.2 Å². The lowest BCUT2D eigenvalue weighted by molar-refractivity contribution is -0.120. The molecule has 3 aromatic rings. The molecular formula is C32H40N6O3S. The molecule has 6 N–H and O–H groups in total. The number of nitrogens with one attached hydrogen (secondary N) is 2. The standard InChI is InChI=1S/C32H40N6O3S/c1-3-27(39)18-22(2)25-13-9-12-24(19-25)21-29(40)35-28(34)17-16-26(33)14-7-8-15-31-37-38-32(42-31)36-30(41)20-23-10-5-4-6-11-23/h4-6,9-13,16-17,19,22H,3,7-8,14-15,18,20-21,33-34H2,1-2H3,(H,35,40)(H,36,38,41)/b26-16-,28-17+. The molecule has 222 valence electrons. The summed E-state index contributed by atoms with van der Waals surface area (Å²) in [6, 6.07) is 17.3. The van der Waals surface area contributed by atoms with Crippen LogP contribution in [0.15, 0.2) is 78.3 Å². The Morgan fingerprint density at radius 3 is 2.43 bits per heavy atom. The quantitative estimate of drug-likeness (QED) is 0.137. The lowest BCUT2D eigenvalue weighted by Crippen LogP contribution is -2.28. The fraction of sp³-hybridized carbons (Fsp3) is 0.344. The highest BCUT2D eigenvalue weighted by Gasteiger charge is 2.12. The van der Waals surface area contributed by atoms with E-state index in [-0.39, 0.29) is 35.8 Å². The van der Waals surface area contributed by atoms with E-state index in [2.05, 4.69) is 20.8 Å². The Morgan fingerprint density at radius 1 is 0.929 bits per heavy atom. The summed E-state index contributed by atoms with van der Waals surface area (Å²) in [5.41, 5.74) is 15.6. The van der Waals surface area contributed by atoms with Crippen LogP contribution in [0.3, 0.4) is 0 Å². The normalized spacial score (nSPS) is 12.5. The lowest BCUT2D eigenvalue weighted by atomic mass is 9.93. The van der Waals surface area contributed by atoms with E-state index >= 15 is 0 Å². The molecule has 2 amide bonds. The Morgan fingerprint density at radius 2 is 1.67 bits per heavy atom. The zero-order valence-corrected chi connectivity index (χ0v) is 25.1. The SMILES string of the molecule is CCC(=O)CC(C)c1cccc(CC(=O)N/C(N)=C/C=C(\N)CCCCc2nnc(NC(=O)Cc3ccccc3)s2)c1. The minimum absolute atomic E-state index is 0.104. The number of aryl methyl sites for hydroxylation is 1. The molecule has 10 heteroatoms. The maximum absolute atomic E-state index is 12.5. The molecule has 1 atom stereocenters. The molecule has 0 bridgehead atoms. The number of hydrogen-bond acceptors (Lipinski definition) is 8. The molecule has 0 aliphatic rings. The van der Waals surface area contributed by atoms with E-state index in [0.717, 1.165) is 41.0 Å². The van der Waals surface area contributed by atoms with Crippen molar-refractivity contribution < 1.29 is 14.4 Å². The van der Waals surface area contributed by atoms with Gasteiger partial charge in [0.05, 0.1) is 12.8 Å². The van der Waals surface area contributed by atoms with Crippen LogP contribution >= 0.6 is 11.3 Å². The third-order valence-corrected chi connectivity index (χ3v) is 7.50. The number of carbonyl (C=O) groups excluding carboxylic acids is 3. The van der Waals surface area contributed by atoms with Crippen LogP contribution in [-0.4, -0.2) is 27.8 Å². The average molecular weight is 589 g/mol. The first-order valence-electron chi connectivity index (χ1n) is 14.2. The van der Waals surface area contributed by atoms with Crippen molar-refractivity contribution in [2.24, 2.45) is 11.5 Å². The Hall–Kier alpha value is -4.31. The number of aromatic nitrogens is 2. The van der Waals surface area contributed by atoms with Gasteiger partial charge in [0.15, 0.2) is 0 Å². The summed E-state index contributed by atoms with van der Waals surface area (Å²) in [5, 5.41) is 15.1. The smallest absolute Gasteiger partial charge is 0.230 e. The molecule has 0 aliphatic carbocycles. The van der Waals surface area contributed by atoms with E-state index in [0.29, 0.717) is 36.5 Å². The molecule has 0 radical (unpaired) electrons. The number of hydrogen-bond donors (Lipinski definition) is 4. The summed E-state index contributed by atoms with van der Waals surface area (Å²) in [5.74, 6) is 0.204. The molecule has 42 heavy (non-hydrogen) atoms. The van der Waals surface area contributed by atoms with Crippen LogP contribution in [0.1, 0.15) is 73.6 Å². The van der Waals surface area contributed by atoms with Crippen LogP contribution in [0.5, 0.6) is 0 Å². The summed E-state index contributed by atoms with van der Waals surface area (Å²) in [6.07, 6.45) is 7.91. The molecule has 0 aliphatic heterocycles. The number of anilines is 1. The van der Waals surface area contributed by atoms with Gasteiger partial charge >= 0.3 is 0 Å². The van der Waals surface area contributed by atoms with Gasteiger partial charge in [0, 0.05) is 25.0 Å². The van der Waals surface area contributed by atoms with Gasteiger partial charge in [0.25, 0.3) is 0 Å². The van der Waals surface area contributed by atoms with Crippen molar-refractivity contribution >= 4 is 34.1 Å². The molecule has 1 heterocycles. The number of benzene rings is 2. The minimum Gasteiger partial charge on any atom is -0.402 e. The third-order valence-electron chi connectivity index (χ3n) is 6.60. The molecule has 0 fully saturated rings. The number of nitrogens with two attached hydrogens (primary N) is 2. The van der Waals surface area contributed by atoms with Gasteiger partial charge in [-0.05, 0) is 54.0 Å². The van der Waals surface area contributed by atoms with Crippen LogP contribution in [0.4, 0.5) is 5.13 Å². The van der Waals surface area contributed by atoms with E-state index < -0.39 is 0 Å². The zero-order chi connectivity index (χ0) is 30.3. The predicted molar refractivity (Wildman–Crippen MR) is 167 cm³/mol. The second kappa shape index (κ2) is 16.8. The van der Waals surface area contributed by atoms with Gasteiger partial charge < -0.3 is 22.1 Å². The van der Waals surface area contributed by atoms with Gasteiger partial charge in [0.2, 0.25) is 16.9 Å². The van der Waals surface area contributed by atoms with Gasteiger partial charge in [-0.3, -0.25) is 14.4 Å². The summed E-state index contributed by atoms with van der Waals surface area (Å²) < 4.78 is 0. The Balaban J connectivity index is 1.36. The molecule has 2 aromatic carbocycles. The topological polar surface area (TPSA) is 153 Å². The fourth-order valence-electron chi connectivity index (χ4n) is 4.28. The summed E-state index contributed by atoms with van der Waals surface area (Å²) >= 11 is 1.38. The summed E-state index contributed by atoms with van der Waals surface area (Å²) in [4.78, 5) is 36.5. The fourth-order valence-corrected chi connectivity index (χ4v) is 5.08. The van der Waals surface area contributed by atoms with Gasteiger partial charge in [0.1, 0.15) is 16.6 Å². The van der Waals surface area contributed by atoms with Gasteiger partial charge in [-0.15, -0.1) is 10.2 Å². The van der Waals surface area contributed by atoms with Crippen LogP contribution < -0.4 is 22.1 Å². The second-order valence-electron chi connectivity index (χ2n) is 10.2. The van der Waals surface area contributed by atoms with E-state index in [1.165, 1.54) is 11.3 Å². The number of unbranched alkanes of at least 4 members (excludes halogenated alkanes) is 1. The number of amides is 2. The predicted octanol–water partition coefficient (Wildman–Crippen LogP) is 4.91. The highest BCUT2D eigenvalue weighted by atomic mass is 32.1. The summed E-state index contributed by atoms with van der Waals surface area (Å²) in [7, 11) is 0. The Kier molecular flexibility index (Phi) is 12.9. The first kappa shape index (κ1) is 32.2. The molecule has 1 aromatic heterocycles. The highest BCUT2D eigenvalue weighted by molar-refractivity contribution is 7.15. The number of allylic oxidation sites excluding steroid dienone is 3. The molecular weight excluding hydrogens is 548 g/mol. The number of nitrogens with zero attached hydrogens (tertiary/aromatic N) is 2. The number of carbonyl (C=O) groups is 3. The minimum atomic E-state index is -0.224. The van der Waals surface area contributed by atoms with Crippen LogP contribution in [0.2, 0.25) is 0 Å². The van der Waals surface area contributed by atoms with Crippen molar-refractivity contribution in [3.63, 3.8) is 0 Å². The third kappa shape index (κ3) is 11.7. The molecule has 9 nitrogen and oxygen atoms in total.